The van der Waals surface area contributed by atoms with E-state index in [2.05, 4.69) is 15.0 Å². The number of aryl methyl sites for hydroxylation is 2. The predicted molar refractivity (Wildman–Crippen MR) is 78.2 cm³/mol. The van der Waals surface area contributed by atoms with Crippen molar-refractivity contribution in [3.05, 3.63) is 34.1 Å². The summed E-state index contributed by atoms with van der Waals surface area (Å²) in [6.45, 7) is 1.86. The van der Waals surface area contributed by atoms with E-state index in [4.69, 9.17) is 23.2 Å². The molecule has 0 aliphatic rings. The van der Waals surface area contributed by atoms with Gasteiger partial charge >= 0.3 is 0 Å². The number of hydrogen-bond donors (Lipinski definition) is 1. The molecule has 0 spiro atoms. The molecular formula is C13H10Cl2N4O. The Balaban J connectivity index is 2.33. The number of aromatic nitrogens is 4. The number of hydrogen-bond acceptors (Lipinski definition) is 4. The van der Waals surface area contributed by atoms with Crippen LogP contribution in [0.4, 0.5) is 0 Å². The summed E-state index contributed by atoms with van der Waals surface area (Å²) in [7, 11) is 1.81. The molecule has 3 rings (SSSR count). The van der Waals surface area contributed by atoms with Crippen molar-refractivity contribution in [3.63, 3.8) is 0 Å². The highest BCUT2D eigenvalue weighted by molar-refractivity contribution is 6.31. The Kier molecular flexibility index (Phi) is 3.03. The van der Waals surface area contributed by atoms with Crippen LogP contribution in [0.15, 0.2) is 18.3 Å². The lowest BCUT2D eigenvalue weighted by molar-refractivity contribution is 0.476. The summed E-state index contributed by atoms with van der Waals surface area (Å²) in [5.74, 6) is 0.633. The molecule has 7 heteroatoms. The summed E-state index contributed by atoms with van der Waals surface area (Å²) in [4.78, 5) is 12.7. The van der Waals surface area contributed by atoms with Crippen LogP contribution in [-0.2, 0) is 7.05 Å². The summed E-state index contributed by atoms with van der Waals surface area (Å²) in [6.07, 6.45) is 1.46. The Morgan fingerprint density at radius 2 is 1.95 bits per heavy atom. The Hall–Kier alpha value is -1.85. The van der Waals surface area contributed by atoms with Crippen molar-refractivity contribution in [2.24, 2.45) is 7.05 Å². The van der Waals surface area contributed by atoms with Crippen molar-refractivity contribution < 1.29 is 5.11 Å². The lowest BCUT2D eigenvalue weighted by atomic mass is 10.1. The van der Waals surface area contributed by atoms with Crippen molar-refractivity contribution in [2.45, 2.75) is 6.92 Å². The lowest BCUT2D eigenvalue weighted by Gasteiger charge is -2.08. The van der Waals surface area contributed by atoms with Crippen LogP contribution in [0.5, 0.6) is 5.75 Å². The number of benzene rings is 1. The smallest absolute Gasteiger partial charge is 0.199 e. The number of nitrogens with zero attached hydrogens (tertiary/aromatic N) is 4. The van der Waals surface area contributed by atoms with Gasteiger partial charge in [-0.1, -0.05) is 23.2 Å². The first-order valence-corrected chi connectivity index (χ1v) is 6.57. The molecule has 0 unspecified atom stereocenters. The van der Waals surface area contributed by atoms with E-state index < -0.39 is 0 Å². The largest absolute Gasteiger partial charge is 0.507 e. The second-order valence-corrected chi connectivity index (χ2v) is 5.27. The molecule has 0 aliphatic heterocycles. The van der Waals surface area contributed by atoms with E-state index in [1.807, 2.05) is 6.92 Å². The fourth-order valence-corrected chi connectivity index (χ4v) is 2.58. The standard InChI is InChI=1S/C13H10Cl2N4O/c1-6-3-7(14)4-8(20)10(6)12-18-11-13(19(12)2)16-5-9(15)17-11/h3-5,20H,1-2H3. The number of fused-ring (bicyclic) bond motifs is 1. The van der Waals surface area contributed by atoms with Crippen LogP contribution >= 0.6 is 23.2 Å². The third-order valence-corrected chi connectivity index (χ3v) is 3.46. The third kappa shape index (κ3) is 1.99. The molecular weight excluding hydrogens is 299 g/mol. The molecule has 3 aromatic rings. The van der Waals surface area contributed by atoms with E-state index in [0.29, 0.717) is 27.7 Å². The molecule has 102 valence electrons. The maximum absolute atomic E-state index is 10.1. The van der Waals surface area contributed by atoms with E-state index in [9.17, 15) is 5.11 Å². The lowest BCUT2D eigenvalue weighted by Crippen LogP contribution is -1.96. The van der Waals surface area contributed by atoms with Gasteiger partial charge in [-0.2, -0.15) is 0 Å². The molecule has 0 fully saturated rings. The van der Waals surface area contributed by atoms with Crippen LogP contribution in [0.25, 0.3) is 22.7 Å². The Morgan fingerprint density at radius 3 is 2.65 bits per heavy atom. The van der Waals surface area contributed by atoms with Crippen LogP contribution in [0.1, 0.15) is 5.56 Å². The summed E-state index contributed by atoms with van der Waals surface area (Å²) in [6, 6.07) is 3.25. The van der Waals surface area contributed by atoms with Crippen molar-refractivity contribution in [3.8, 4) is 17.1 Å². The van der Waals surface area contributed by atoms with Crippen molar-refractivity contribution >= 4 is 34.5 Å². The molecule has 1 N–H and O–H groups in total. The normalized spacial score (nSPS) is 11.2. The van der Waals surface area contributed by atoms with E-state index >= 15 is 0 Å². The van der Waals surface area contributed by atoms with Gasteiger partial charge in [0.05, 0.1) is 11.8 Å². The zero-order valence-electron chi connectivity index (χ0n) is 10.7. The summed E-state index contributed by atoms with van der Waals surface area (Å²) >= 11 is 11.7. The SMILES string of the molecule is Cc1cc(Cl)cc(O)c1-c1nc2nc(Cl)cnc2n1C. The van der Waals surface area contributed by atoms with Crippen LogP contribution in [0.3, 0.4) is 0 Å². The van der Waals surface area contributed by atoms with E-state index in [0.717, 1.165) is 5.56 Å². The highest BCUT2D eigenvalue weighted by Crippen LogP contribution is 2.35. The molecule has 0 saturated heterocycles. The van der Waals surface area contributed by atoms with Crippen LogP contribution < -0.4 is 0 Å². The summed E-state index contributed by atoms with van der Waals surface area (Å²) in [5, 5.41) is 10.9. The number of phenols is 1. The molecule has 20 heavy (non-hydrogen) atoms. The van der Waals surface area contributed by atoms with Crippen molar-refractivity contribution in [1.29, 1.82) is 0 Å². The van der Waals surface area contributed by atoms with Crippen LogP contribution in [0, 0.1) is 6.92 Å². The molecule has 0 saturated carbocycles. The van der Waals surface area contributed by atoms with Gasteiger partial charge in [-0.3, -0.25) is 0 Å². The van der Waals surface area contributed by atoms with Crippen molar-refractivity contribution in [2.75, 3.05) is 0 Å². The van der Waals surface area contributed by atoms with Gasteiger partial charge in [0.25, 0.3) is 0 Å². The average Bonchev–Trinajstić information content (AvgIpc) is 2.65. The number of rotatable bonds is 1. The maximum Gasteiger partial charge on any atom is 0.199 e. The van der Waals surface area contributed by atoms with Gasteiger partial charge in [0, 0.05) is 12.1 Å². The van der Waals surface area contributed by atoms with Gasteiger partial charge in [-0.15, -0.1) is 0 Å². The first-order valence-electron chi connectivity index (χ1n) is 5.82. The Morgan fingerprint density at radius 1 is 1.20 bits per heavy atom. The number of imidazole rings is 1. The van der Waals surface area contributed by atoms with E-state index in [-0.39, 0.29) is 10.9 Å². The van der Waals surface area contributed by atoms with Gasteiger partial charge in [0.15, 0.2) is 11.3 Å². The van der Waals surface area contributed by atoms with Crippen LogP contribution in [0.2, 0.25) is 10.2 Å². The Bertz CT molecular complexity index is 806. The zero-order valence-corrected chi connectivity index (χ0v) is 12.2. The number of phenolic OH excluding ortho intramolecular Hbond substituents is 1. The molecule has 0 bridgehead atoms. The minimum atomic E-state index is 0.0690. The molecule has 0 amide bonds. The zero-order chi connectivity index (χ0) is 14.4. The summed E-state index contributed by atoms with van der Waals surface area (Å²) < 4.78 is 1.76. The highest BCUT2D eigenvalue weighted by atomic mass is 35.5. The second-order valence-electron chi connectivity index (χ2n) is 4.45. The molecule has 0 atom stereocenters. The van der Waals surface area contributed by atoms with Gasteiger partial charge in [-0.25, -0.2) is 15.0 Å². The third-order valence-electron chi connectivity index (χ3n) is 3.06. The quantitative estimate of drug-likeness (QED) is 0.748. The minimum Gasteiger partial charge on any atom is -0.507 e. The minimum absolute atomic E-state index is 0.0690. The molecule has 1 aromatic carbocycles. The Labute approximate surface area is 124 Å². The van der Waals surface area contributed by atoms with Gasteiger partial charge in [0.2, 0.25) is 0 Å². The summed E-state index contributed by atoms with van der Waals surface area (Å²) in [5.41, 5.74) is 2.45. The first kappa shape index (κ1) is 13.1. The van der Waals surface area contributed by atoms with Gasteiger partial charge < -0.3 is 9.67 Å². The monoisotopic (exact) mass is 308 g/mol. The predicted octanol–water partition coefficient (Wildman–Crippen LogP) is 3.35. The first-order chi connectivity index (χ1) is 9.47. The average molecular weight is 309 g/mol. The molecule has 2 aromatic heterocycles. The number of aromatic hydroxyl groups is 1. The van der Waals surface area contributed by atoms with Gasteiger partial charge in [0.1, 0.15) is 16.7 Å². The molecule has 0 aliphatic carbocycles. The maximum atomic E-state index is 10.1. The highest BCUT2D eigenvalue weighted by Gasteiger charge is 2.18. The van der Waals surface area contributed by atoms with Crippen LogP contribution in [-0.4, -0.2) is 24.6 Å². The fourth-order valence-electron chi connectivity index (χ4n) is 2.18. The van der Waals surface area contributed by atoms with Gasteiger partial charge in [-0.05, 0) is 24.6 Å². The second kappa shape index (κ2) is 4.61. The fraction of sp³-hybridized carbons (Fsp3) is 0.154. The topological polar surface area (TPSA) is 63.8 Å². The van der Waals surface area contributed by atoms with Crippen molar-refractivity contribution in [1.82, 2.24) is 19.5 Å². The van der Waals surface area contributed by atoms with E-state index in [1.54, 1.807) is 17.7 Å². The number of halogens is 2. The molecule has 2 heterocycles. The molecule has 5 nitrogen and oxygen atoms in total. The molecule has 0 radical (unpaired) electrons. The van der Waals surface area contributed by atoms with E-state index in [1.165, 1.54) is 12.3 Å².